The summed E-state index contributed by atoms with van der Waals surface area (Å²) < 4.78 is 51.4. The summed E-state index contributed by atoms with van der Waals surface area (Å²) >= 11 is 0. The molecule has 100 valence electrons. The third-order valence-corrected chi connectivity index (χ3v) is 4.81. The number of piperidine rings is 1. The molecule has 2 N–H and O–H groups in total. The summed E-state index contributed by atoms with van der Waals surface area (Å²) in [5.74, 6) is -2.23. The average molecular weight is 276 g/mol. The summed E-state index contributed by atoms with van der Waals surface area (Å²) in [7, 11) is -3.79. The van der Waals surface area contributed by atoms with Crippen LogP contribution >= 0.6 is 0 Å². The quantitative estimate of drug-likeness (QED) is 0.879. The minimum Gasteiger partial charge on any atom is -0.327 e. The molecule has 0 amide bonds. The van der Waals surface area contributed by atoms with Gasteiger partial charge in [0.15, 0.2) is 11.6 Å². The van der Waals surface area contributed by atoms with E-state index in [0.29, 0.717) is 19.0 Å². The number of hydrogen-bond acceptors (Lipinski definition) is 3. The Kier molecular flexibility index (Phi) is 3.65. The zero-order valence-electron chi connectivity index (χ0n) is 9.64. The maximum atomic E-state index is 13.1. The van der Waals surface area contributed by atoms with Crippen LogP contribution in [0.15, 0.2) is 23.1 Å². The number of sulfonamides is 1. The van der Waals surface area contributed by atoms with E-state index >= 15 is 0 Å². The molecule has 0 radical (unpaired) electrons. The molecular formula is C11H14F2N2O2S. The van der Waals surface area contributed by atoms with Gasteiger partial charge in [-0.3, -0.25) is 0 Å². The summed E-state index contributed by atoms with van der Waals surface area (Å²) in [4.78, 5) is -0.240. The minimum atomic E-state index is -3.79. The van der Waals surface area contributed by atoms with Crippen molar-refractivity contribution < 1.29 is 17.2 Å². The van der Waals surface area contributed by atoms with Gasteiger partial charge in [0, 0.05) is 19.1 Å². The molecule has 1 saturated heterocycles. The number of benzene rings is 1. The molecule has 1 fully saturated rings. The molecule has 0 spiro atoms. The predicted molar refractivity (Wildman–Crippen MR) is 62.3 cm³/mol. The highest BCUT2D eigenvalue weighted by Gasteiger charge is 2.29. The maximum absolute atomic E-state index is 13.1. The van der Waals surface area contributed by atoms with E-state index in [-0.39, 0.29) is 17.5 Å². The number of nitrogens with two attached hydrogens (primary N) is 1. The Morgan fingerprint density at radius 2 is 2.00 bits per heavy atom. The van der Waals surface area contributed by atoms with Crippen LogP contribution in [-0.2, 0) is 10.0 Å². The van der Waals surface area contributed by atoms with Crippen molar-refractivity contribution >= 4 is 10.0 Å². The molecule has 0 aromatic heterocycles. The van der Waals surface area contributed by atoms with Crippen LogP contribution in [-0.4, -0.2) is 31.9 Å². The summed E-state index contributed by atoms with van der Waals surface area (Å²) in [5, 5.41) is 0. The first-order valence-electron chi connectivity index (χ1n) is 5.62. The standard InChI is InChI=1S/C11H14F2N2O2S/c12-10-4-3-9(6-11(10)13)18(16,17)15-5-1-2-8(14)7-15/h3-4,6,8H,1-2,5,7,14H2/t8-/m0/s1. The topological polar surface area (TPSA) is 63.4 Å². The van der Waals surface area contributed by atoms with Crippen LogP contribution in [0, 0.1) is 11.6 Å². The molecule has 1 aromatic carbocycles. The first-order valence-corrected chi connectivity index (χ1v) is 7.06. The number of halogens is 2. The number of hydrogen-bond donors (Lipinski definition) is 1. The van der Waals surface area contributed by atoms with Crippen LogP contribution < -0.4 is 5.73 Å². The molecule has 0 bridgehead atoms. The van der Waals surface area contributed by atoms with Crippen molar-refractivity contribution in [1.82, 2.24) is 4.31 Å². The SMILES string of the molecule is N[C@H]1CCCN(S(=O)(=O)c2ccc(F)c(F)c2)C1. The van der Waals surface area contributed by atoms with Crippen LogP contribution in [0.25, 0.3) is 0 Å². The Balaban J connectivity index is 2.32. The Hall–Kier alpha value is -1.05. The lowest BCUT2D eigenvalue weighted by molar-refractivity contribution is 0.316. The van der Waals surface area contributed by atoms with Crippen molar-refractivity contribution in [3.63, 3.8) is 0 Å². The summed E-state index contributed by atoms with van der Waals surface area (Å²) in [6, 6.07) is 2.36. The zero-order valence-corrected chi connectivity index (χ0v) is 10.5. The van der Waals surface area contributed by atoms with Crippen LogP contribution in [0.3, 0.4) is 0 Å². The molecule has 0 aliphatic carbocycles. The van der Waals surface area contributed by atoms with Gasteiger partial charge in [-0.05, 0) is 31.0 Å². The Morgan fingerprint density at radius 3 is 2.61 bits per heavy atom. The largest absolute Gasteiger partial charge is 0.327 e. The lowest BCUT2D eigenvalue weighted by atomic mass is 10.1. The molecule has 4 nitrogen and oxygen atoms in total. The van der Waals surface area contributed by atoms with Gasteiger partial charge >= 0.3 is 0 Å². The summed E-state index contributed by atoms with van der Waals surface area (Å²) in [6.07, 6.45) is 1.44. The number of nitrogens with zero attached hydrogens (tertiary/aromatic N) is 1. The molecule has 7 heteroatoms. The normalized spacial score (nSPS) is 22.1. The second-order valence-electron chi connectivity index (χ2n) is 4.34. The third kappa shape index (κ3) is 2.52. The van der Waals surface area contributed by atoms with E-state index in [1.165, 1.54) is 4.31 Å². The highest BCUT2D eigenvalue weighted by Crippen LogP contribution is 2.21. The fourth-order valence-corrected chi connectivity index (χ4v) is 3.53. The minimum absolute atomic E-state index is 0.209. The fraction of sp³-hybridized carbons (Fsp3) is 0.455. The smallest absolute Gasteiger partial charge is 0.243 e. The molecule has 1 aromatic rings. The van der Waals surface area contributed by atoms with Crippen molar-refractivity contribution in [3.05, 3.63) is 29.8 Å². The molecule has 18 heavy (non-hydrogen) atoms. The first-order chi connectivity index (χ1) is 8.41. The van der Waals surface area contributed by atoms with Crippen molar-refractivity contribution in [2.24, 2.45) is 5.73 Å². The highest BCUT2D eigenvalue weighted by molar-refractivity contribution is 7.89. The van der Waals surface area contributed by atoms with Crippen LogP contribution in [0.2, 0.25) is 0 Å². The lowest BCUT2D eigenvalue weighted by Crippen LogP contribution is -2.45. The van der Waals surface area contributed by atoms with E-state index < -0.39 is 21.7 Å². The lowest BCUT2D eigenvalue weighted by Gasteiger charge is -2.29. The predicted octanol–water partition coefficient (Wildman–Crippen LogP) is 1.08. The molecular weight excluding hydrogens is 262 g/mol. The van der Waals surface area contributed by atoms with Crippen LogP contribution in [0.1, 0.15) is 12.8 Å². The van der Waals surface area contributed by atoms with Crippen molar-refractivity contribution in [1.29, 1.82) is 0 Å². The Bertz CT molecular complexity index is 548. The maximum Gasteiger partial charge on any atom is 0.243 e. The number of rotatable bonds is 2. The molecule has 0 unspecified atom stereocenters. The molecule has 1 aliphatic heterocycles. The Labute approximate surface area is 104 Å². The van der Waals surface area contributed by atoms with E-state index in [1.807, 2.05) is 0 Å². The summed E-state index contributed by atoms with van der Waals surface area (Å²) in [5.41, 5.74) is 5.71. The zero-order chi connectivity index (χ0) is 13.3. The van der Waals surface area contributed by atoms with Gasteiger partial charge in [0.2, 0.25) is 10.0 Å². The highest BCUT2D eigenvalue weighted by atomic mass is 32.2. The van der Waals surface area contributed by atoms with Gasteiger partial charge in [-0.25, -0.2) is 17.2 Å². The monoisotopic (exact) mass is 276 g/mol. The fourth-order valence-electron chi connectivity index (χ4n) is 1.98. The average Bonchev–Trinajstić information content (AvgIpc) is 2.32. The van der Waals surface area contributed by atoms with Gasteiger partial charge in [-0.1, -0.05) is 0 Å². The van der Waals surface area contributed by atoms with Crippen molar-refractivity contribution in [2.45, 2.75) is 23.8 Å². The van der Waals surface area contributed by atoms with Gasteiger partial charge in [0.1, 0.15) is 0 Å². The van der Waals surface area contributed by atoms with Gasteiger partial charge in [0.25, 0.3) is 0 Å². The Morgan fingerprint density at radius 1 is 1.28 bits per heavy atom. The van der Waals surface area contributed by atoms with Gasteiger partial charge in [-0.2, -0.15) is 4.31 Å². The second-order valence-corrected chi connectivity index (χ2v) is 6.28. The summed E-state index contributed by atoms with van der Waals surface area (Å²) in [6.45, 7) is 0.566. The van der Waals surface area contributed by atoms with Crippen molar-refractivity contribution in [2.75, 3.05) is 13.1 Å². The van der Waals surface area contributed by atoms with E-state index in [9.17, 15) is 17.2 Å². The van der Waals surface area contributed by atoms with Gasteiger partial charge < -0.3 is 5.73 Å². The van der Waals surface area contributed by atoms with E-state index in [4.69, 9.17) is 5.73 Å². The van der Waals surface area contributed by atoms with Crippen LogP contribution in [0.4, 0.5) is 8.78 Å². The molecule has 1 aliphatic rings. The van der Waals surface area contributed by atoms with E-state index in [0.717, 1.165) is 18.6 Å². The van der Waals surface area contributed by atoms with Crippen LogP contribution in [0.5, 0.6) is 0 Å². The van der Waals surface area contributed by atoms with Gasteiger partial charge in [-0.15, -0.1) is 0 Å². The molecule has 1 atom stereocenters. The second kappa shape index (κ2) is 4.91. The molecule has 0 saturated carbocycles. The van der Waals surface area contributed by atoms with E-state index in [2.05, 4.69) is 0 Å². The van der Waals surface area contributed by atoms with Crippen molar-refractivity contribution in [3.8, 4) is 0 Å². The third-order valence-electron chi connectivity index (χ3n) is 2.95. The molecule has 1 heterocycles. The molecule has 2 rings (SSSR count). The van der Waals surface area contributed by atoms with Gasteiger partial charge in [0.05, 0.1) is 4.90 Å². The first kappa shape index (κ1) is 13.4. The van der Waals surface area contributed by atoms with E-state index in [1.54, 1.807) is 0 Å².